The number of hydrogen-bond acceptors (Lipinski definition) is 3. The van der Waals surface area contributed by atoms with Crippen LogP contribution in [0.25, 0.3) is 0 Å². The fourth-order valence-electron chi connectivity index (χ4n) is 1.70. The van der Waals surface area contributed by atoms with Crippen molar-refractivity contribution in [1.29, 1.82) is 0 Å². The molecule has 0 aromatic rings. The van der Waals surface area contributed by atoms with Crippen LogP contribution in [0.5, 0.6) is 0 Å². The van der Waals surface area contributed by atoms with Crippen molar-refractivity contribution < 1.29 is 22.8 Å². The standard InChI is InChI=1S/C10H15F3N2O2/c1-7-4-15(3-2-8(7)16)5-9(17)14-6-10(11,12)13/h7H,2-6H2,1H3,(H,14,17). The molecule has 1 unspecified atom stereocenters. The van der Waals surface area contributed by atoms with Crippen molar-refractivity contribution in [3.63, 3.8) is 0 Å². The van der Waals surface area contributed by atoms with Gasteiger partial charge in [-0.3, -0.25) is 14.5 Å². The molecule has 1 saturated heterocycles. The molecular formula is C10H15F3N2O2. The molecule has 1 aliphatic heterocycles. The summed E-state index contributed by atoms with van der Waals surface area (Å²) in [6, 6.07) is 0. The Hall–Kier alpha value is -1.11. The van der Waals surface area contributed by atoms with Crippen LogP contribution in [-0.4, -0.2) is 48.9 Å². The van der Waals surface area contributed by atoms with E-state index in [1.165, 1.54) is 0 Å². The minimum atomic E-state index is -4.39. The normalized spacial score (nSPS) is 22.6. The van der Waals surface area contributed by atoms with Gasteiger partial charge in [-0.2, -0.15) is 13.2 Å². The lowest BCUT2D eigenvalue weighted by molar-refractivity contribution is -0.139. The fourth-order valence-corrected chi connectivity index (χ4v) is 1.70. The number of piperidine rings is 1. The van der Waals surface area contributed by atoms with E-state index in [1.807, 2.05) is 0 Å². The van der Waals surface area contributed by atoms with Crippen molar-refractivity contribution in [3.8, 4) is 0 Å². The predicted octanol–water partition coefficient (Wildman–Crippen LogP) is 0.576. The molecule has 1 atom stereocenters. The highest BCUT2D eigenvalue weighted by molar-refractivity contribution is 5.82. The molecule has 1 rings (SSSR count). The Bertz CT molecular complexity index is 304. The number of Topliss-reactive ketones (excluding diaryl/α,β-unsaturated/α-hetero) is 1. The zero-order valence-corrected chi connectivity index (χ0v) is 9.51. The number of alkyl halides is 3. The molecule has 0 aromatic carbocycles. The Labute approximate surface area is 97.1 Å². The minimum absolute atomic E-state index is 0.0896. The summed E-state index contributed by atoms with van der Waals surface area (Å²) < 4.78 is 35.5. The SMILES string of the molecule is CC1CN(CC(=O)NCC(F)(F)F)CCC1=O. The first-order chi connectivity index (χ1) is 7.78. The van der Waals surface area contributed by atoms with Gasteiger partial charge in [0.05, 0.1) is 6.54 Å². The average molecular weight is 252 g/mol. The number of ketones is 1. The van der Waals surface area contributed by atoms with Gasteiger partial charge in [0, 0.05) is 25.4 Å². The number of nitrogens with one attached hydrogen (secondary N) is 1. The largest absolute Gasteiger partial charge is 0.405 e. The first-order valence-corrected chi connectivity index (χ1v) is 5.36. The van der Waals surface area contributed by atoms with E-state index in [-0.39, 0.29) is 18.2 Å². The van der Waals surface area contributed by atoms with Crippen molar-refractivity contribution in [2.45, 2.75) is 19.5 Å². The van der Waals surface area contributed by atoms with Crippen LogP contribution < -0.4 is 5.32 Å². The number of likely N-dealkylation sites (tertiary alicyclic amines) is 1. The molecule has 4 nitrogen and oxygen atoms in total. The van der Waals surface area contributed by atoms with Gasteiger partial charge in [0.1, 0.15) is 12.3 Å². The maximum atomic E-state index is 11.8. The van der Waals surface area contributed by atoms with E-state index in [9.17, 15) is 22.8 Å². The summed E-state index contributed by atoms with van der Waals surface area (Å²) in [5.41, 5.74) is 0. The number of halogens is 3. The molecule has 1 heterocycles. The third kappa shape index (κ3) is 5.16. The summed E-state index contributed by atoms with van der Waals surface area (Å²) in [5.74, 6) is -0.681. The van der Waals surface area contributed by atoms with Gasteiger partial charge in [-0.25, -0.2) is 0 Å². The molecule has 1 N–H and O–H groups in total. The number of nitrogens with zero attached hydrogens (tertiary/aromatic N) is 1. The van der Waals surface area contributed by atoms with Crippen LogP contribution in [0, 0.1) is 5.92 Å². The highest BCUT2D eigenvalue weighted by atomic mass is 19.4. The van der Waals surface area contributed by atoms with Crippen molar-refractivity contribution in [3.05, 3.63) is 0 Å². The zero-order valence-electron chi connectivity index (χ0n) is 9.51. The molecule has 0 aromatic heterocycles. The van der Waals surface area contributed by atoms with Crippen molar-refractivity contribution in [2.24, 2.45) is 5.92 Å². The van der Waals surface area contributed by atoms with E-state index in [0.717, 1.165) is 0 Å². The Morgan fingerprint density at radius 2 is 2.18 bits per heavy atom. The van der Waals surface area contributed by atoms with Gasteiger partial charge in [-0.15, -0.1) is 0 Å². The topological polar surface area (TPSA) is 49.4 Å². The van der Waals surface area contributed by atoms with E-state index in [2.05, 4.69) is 0 Å². The second kappa shape index (κ2) is 5.48. The molecule has 1 fully saturated rings. The van der Waals surface area contributed by atoms with Crippen LogP contribution in [-0.2, 0) is 9.59 Å². The van der Waals surface area contributed by atoms with Crippen LogP contribution in [0.1, 0.15) is 13.3 Å². The van der Waals surface area contributed by atoms with Gasteiger partial charge >= 0.3 is 6.18 Å². The molecule has 7 heteroatoms. The fraction of sp³-hybridized carbons (Fsp3) is 0.800. The highest BCUT2D eigenvalue weighted by Crippen LogP contribution is 2.13. The van der Waals surface area contributed by atoms with Crippen LogP contribution in [0.3, 0.4) is 0 Å². The molecule has 98 valence electrons. The monoisotopic (exact) mass is 252 g/mol. The lowest BCUT2D eigenvalue weighted by Gasteiger charge is -2.29. The van der Waals surface area contributed by atoms with Gasteiger partial charge in [-0.05, 0) is 0 Å². The van der Waals surface area contributed by atoms with Crippen LogP contribution >= 0.6 is 0 Å². The molecular weight excluding hydrogens is 237 g/mol. The molecule has 0 saturated carbocycles. The molecule has 1 amide bonds. The molecule has 0 spiro atoms. The van der Waals surface area contributed by atoms with Crippen LogP contribution in [0.2, 0.25) is 0 Å². The quantitative estimate of drug-likeness (QED) is 0.799. The Balaban J connectivity index is 2.30. The summed E-state index contributed by atoms with van der Waals surface area (Å²) in [5, 5.41) is 1.81. The Morgan fingerprint density at radius 1 is 1.53 bits per heavy atom. The predicted molar refractivity (Wildman–Crippen MR) is 54.3 cm³/mol. The maximum Gasteiger partial charge on any atom is 0.405 e. The van der Waals surface area contributed by atoms with Gasteiger partial charge in [0.15, 0.2) is 0 Å². The molecule has 0 aliphatic carbocycles. The molecule has 17 heavy (non-hydrogen) atoms. The van der Waals surface area contributed by atoms with Crippen LogP contribution in [0.15, 0.2) is 0 Å². The first-order valence-electron chi connectivity index (χ1n) is 5.36. The van der Waals surface area contributed by atoms with Crippen molar-refractivity contribution in [2.75, 3.05) is 26.2 Å². The third-order valence-corrected chi connectivity index (χ3v) is 2.61. The number of rotatable bonds is 3. The van der Waals surface area contributed by atoms with E-state index >= 15 is 0 Å². The van der Waals surface area contributed by atoms with E-state index < -0.39 is 18.6 Å². The van der Waals surface area contributed by atoms with E-state index in [0.29, 0.717) is 19.5 Å². The lowest BCUT2D eigenvalue weighted by Crippen LogP contribution is -2.46. The van der Waals surface area contributed by atoms with E-state index in [1.54, 1.807) is 17.1 Å². The third-order valence-electron chi connectivity index (χ3n) is 2.61. The van der Waals surface area contributed by atoms with Gasteiger partial charge in [-0.1, -0.05) is 6.92 Å². The number of hydrogen-bond donors (Lipinski definition) is 1. The molecule has 1 aliphatic rings. The number of carbonyl (C=O) groups is 2. The smallest absolute Gasteiger partial charge is 0.346 e. The maximum absolute atomic E-state index is 11.8. The van der Waals surface area contributed by atoms with Crippen molar-refractivity contribution in [1.82, 2.24) is 10.2 Å². The molecule has 0 bridgehead atoms. The van der Waals surface area contributed by atoms with Crippen LogP contribution in [0.4, 0.5) is 13.2 Å². The summed E-state index contributed by atoms with van der Waals surface area (Å²) in [7, 11) is 0. The number of amides is 1. The van der Waals surface area contributed by atoms with Crippen molar-refractivity contribution >= 4 is 11.7 Å². The van der Waals surface area contributed by atoms with Gasteiger partial charge in [0.2, 0.25) is 5.91 Å². The van der Waals surface area contributed by atoms with Gasteiger partial charge < -0.3 is 5.32 Å². The lowest BCUT2D eigenvalue weighted by atomic mass is 9.99. The Morgan fingerprint density at radius 3 is 2.71 bits per heavy atom. The van der Waals surface area contributed by atoms with Gasteiger partial charge in [0.25, 0.3) is 0 Å². The number of carbonyl (C=O) groups excluding carboxylic acids is 2. The highest BCUT2D eigenvalue weighted by Gasteiger charge is 2.29. The minimum Gasteiger partial charge on any atom is -0.346 e. The Kier molecular flexibility index (Phi) is 4.50. The first kappa shape index (κ1) is 14.0. The second-order valence-corrected chi connectivity index (χ2v) is 4.24. The summed E-state index contributed by atoms with van der Waals surface area (Å²) in [6.07, 6.45) is -4.03. The summed E-state index contributed by atoms with van der Waals surface area (Å²) in [6.45, 7) is 1.21. The molecule has 0 radical (unpaired) electrons. The summed E-state index contributed by atoms with van der Waals surface area (Å²) in [4.78, 5) is 24.1. The average Bonchev–Trinajstić information content (AvgIpc) is 2.20. The second-order valence-electron chi connectivity index (χ2n) is 4.24. The van der Waals surface area contributed by atoms with E-state index in [4.69, 9.17) is 0 Å². The summed E-state index contributed by atoms with van der Waals surface area (Å²) >= 11 is 0. The zero-order chi connectivity index (χ0) is 13.1.